The molecule has 1 amide bonds. The third-order valence-electron chi connectivity index (χ3n) is 5.62. The molecule has 2 heterocycles. The van der Waals surface area contributed by atoms with Crippen LogP contribution in [0.1, 0.15) is 12.0 Å². The molecule has 8 heteroatoms. The number of methoxy groups -OCH3 is 1. The van der Waals surface area contributed by atoms with E-state index in [0.29, 0.717) is 45.4 Å². The Morgan fingerprint density at radius 2 is 1.83 bits per heavy atom. The largest absolute Gasteiger partial charge is 0.496 e. The van der Waals surface area contributed by atoms with Gasteiger partial charge in [-0.15, -0.1) is 0 Å². The molecule has 1 aliphatic heterocycles. The second-order valence-corrected chi connectivity index (χ2v) is 8.09. The monoisotopic (exact) mass is 477 g/mol. The fourth-order valence-corrected chi connectivity index (χ4v) is 3.89. The van der Waals surface area contributed by atoms with Crippen molar-refractivity contribution < 1.29 is 23.7 Å². The van der Waals surface area contributed by atoms with Crippen LogP contribution in [0.15, 0.2) is 72.9 Å². The number of amides is 1. The maximum absolute atomic E-state index is 12.7. The van der Waals surface area contributed by atoms with Crippen molar-refractivity contribution >= 4 is 11.6 Å². The lowest BCUT2D eigenvalue weighted by Gasteiger charge is -2.35. The van der Waals surface area contributed by atoms with Crippen LogP contribution in [0.3, 0.4) is 0 Å². The number of carbonyl (C=O) groups excluding carboxylic acids is 1. The summed E-state index contributed by atoms with van der Waals surface area (Å²) < 4.78 is 22.7. The SMILES string of the molecule is COc1ccccc1COCCCOc1ccc(N2C(=O)CNC[C@@H]2COc2ccccn2)cc1. The van der Waals surface area contributed by atoms with Crippen LogP contribution in [0.2, 0.25) is 0 Å². The summed E-state index contributed by atoms with van der Waals surface area (Å²) >= 11 is 0. The quantitative estimate of drug-likeness (QED) is 0.400. The molecule has 0 radical (unpaired) electrons. The minimum atomic E-state index is -0.134. The molecule has 1 fully saturated rings. The van der Waals surface area contributed by atoms with E-state index in [0.717, 1.165) is 29.2 Å². The van der Waals surface area contributed by atoms with Gasteiger partial charge in [0.25, 0.3) is 0 Å². The molecule has 2 aromatic carbocycles. The molecule has 1 aliphatic rings. The number of pyridine rings is 1. The van der Waals surface area contributed by atoms with Gasteiger partial charge in [0.15, 0.2) is 0 Å². The van der Waals surface area contributed by atoms with Crippen molar-refractivity contribution in [1.82, 2.24) is 10.3 Å². The zero-order valence-electron chi connectivity index (χ0n) is 19.9. The summed E-state index contributed by atoms with van der Waals surface area (Å²) in [6.07, 6.45) is 2.45. The lowest BCUT2D eigenvalue weighted by Crippen LogP contribution is -2.57. The predicted molar refractivity (Wildman–Crippen MR) is 133 cm³/mol. The smallest absolute Gasteiger partial charge is 0.241 e. The number of benzene rings is 2. The Bertz CT molecular complexity index is 1060. The highest BCUT2D eigenvalue weighted by atomic mass is 16.5. The number of hydrogen-bond acceptors (Lipinski definition) is 7. The van der Waals surface area contributed by atoms with Gasteiger partial charge >= 0.3 is 0 Å². The Morgan fingerprint density at radius 1 is 1.00 bits per heavy atom. The van der Waals surface area contributed by atoms with E-state index in [1.807, 2.05) is 60.7 Å². The summed E-state index contributed by atoms with van der Waals surface area (Å²) in [5, 5.41) is 3.16. The van der Waals surface area contributed by atoms with E-state index in [4.69, 9.17) is 18.9 Å². The number of piperazine rings is 1. The number of aromatic nitrogens is 1. The van der Waals surface area contributed by atoms with Crippen LogP contribution in [-0.4, -0.2) is 57.0 Å². The van der Waals surface area contributed by atoms with Crippen molar-refractivity contribution in [3.8, 4) is 17.4 Å². The molecule has 1 aromatic heterocycles. The van der Waals surface area contributed by atoms with Crippen LogP contribution in [0.25, 0.3) is 0 Å². The lowest BCUT2D eigenvalue weighted by molar-refractivity contribution is -0.119. The number of ether oxygens (including phenoxy) is 4. The van der Waals surface area contributed by atoms with Crippen molar-refractivity contribution in [3.63, 3.8) is 0 Å². The zero-order chi connectivity index (χ0) is 24.3. The molecule has 3 aromatic rings. The Morgan fingerprint density at radius 3 is 2.63 bits per heavy atom. The first-order valence-corrected chi connectivity index (χ1v) is 11.7. The van der Waals surface area contributed by atoms with E-state index in [9.17, 15) is 4.79 Å². The first-order chi connectivity index (χ1) is 17.2. The third-order valence-corrected chi connectivity index (χ3v) is 5.62. The summed E-state index contributed by atoms with van der Waals surface area (Å²) in [7, 11) is 1.66. The Hall–Kier alpha value is -3.62. The van der Waals surface area contributed by atoms with Gasteiger partial charge in [0.1, 0.15) is 18.1 Å². The maximum atomic E-state index is 12.7. The lowest BCUT2D eigenvalue weighted by atomic mass is 10.1. The van der Waals surface area contributed by atoms with Crippen LogP contribution in [0, 0.1) is 0 Å². The number of anilines is 1. The van der Waals surface area contributed by atoms with Gasteiger partial charge < -0.3 is 29.2 Å². The molecule has 0 saturated carbocycles. The van der Waals surface area contributed by atoms with Crippen molar-refractivity contribution in [1.29, 1.82) is 0 Å². The number of hydrogen-bond donors (Lipinski definition) is 1. The van der Waals surface area contributed by atoms with Crippen LogP contribution in [-0.2, 0) is 16.1 Å². The molecule has 0 spiro atoms. The zero-order valence-corrected chi connectivity index (χ0v) is 19.9. The number of nitrogens with zero attached hydrogens (tertiary/aromatic N) is 2. The second-order valence-electron chi connectivity index (χ2n) is 8.09. The standard InChI is InChI=1S/C27H31N3O5/c1-32-25-8-3-2-7-21(25)19-33-15-6-16-34-24-12-10-22(11-13-24)30-23(17-28-18-27(30)31)20-35-26-9-4-5-14-29-26/h2-5,7-14,23,28H,6,15-20H2,1H3/t23-/m1/s1. The van der Waals surface area contributed by atoms with Gasteiger partial charge in [0, 0.05) is 36.5 Å². The number of para-hydroxylation sites is 1. The molecule has 0 aliphatic carbocycles. The van der Waals surface area contributed by atoms with Crippen LogP contribution in [0.5, 0.6) is 17.4 Å². The highest BCUT2D eigenvalue weighted by Gasteiger charge is 2.29. The van der Waals surface area contributed by atoms with Gasteiger partial charge in [-0.05, 0) is 36.4 Å². The second kappa shape index (κ2) is 12.7. The molecule has 0 bridgehead atoms. The molecule has 1 N–H and O–H groups in total. The average molecular weight is 478 g/mol. The van der Waals surface area contributed by atoms with Crippen molar-refractivity contribution in [2.75, 3.05) is 44.9 Å². The Labute approximate surface area is 205 Å². The fourth-order valence-electron chi connectivity index (χ4n) is 3.89. The fraction of sp³-hybridized carbons (Fsp3) is 0.333. The van der Waals surface area contributed by atoms with E-state index in [1.165, 1.54) is 0 Å². The third kappa shape index (κ3) is 6.94. The van der Waals surface area contributed by atoms with Gasteiger partial charge in [-0.25, -0.2) is 4.98 Å². The van der Waals surface area contributed by atoms with Gasteiger partial charge in [-0.1, -0.05) is 24.3 Å². The van der Waals surface area contributed by atoms with Gasteiger partial charge in [0.05, 0.1) is 39.5 Å². The highest BCUT2D eigenvalue weighted by molar-refractivity contribution is 5.96. The summed E-state index contributed by atoms with van der Waals surface area (Å²) in [4.78, 5) is 18.6. The summed E-state index contributed by atoms with van der Waals surface area (Å²) in [5.41, 5.74) is 1.84. The van der Waals surface area contributed by atoms with E-state index in [-0.39, 0.29) is 11.9 Å². The first kappa shape index (κ1) is 24.5. The Balaban J connectivity index is 1.23. The van der Waals surface area contributed by atoms with Crippen LogP contribution < -0.4 is 24.4 Å². The van der Waals surface area contributed by atoms with Crippen molar-refractivity contribution in [2.45, 2.75) is 19.1 Å². The van der Waals surface area contributed by atoms with Gasteiger partial charge in [-0.3, -0.25) is 4.79 Å². The molecule has 8 nitrogen and oxygen atoms in total. The normalized spacial score (nSPS) is 15.6. The van der Waals surface area contributed by atoms with E-state index >= 15 is 0 Å². The summed E-state index contributed by atoms with van der Waals surface area (Å²) in [6, 6.07) is 20.8. The molecule has 35 heavy (non-hydrogen) atoms. The summed E-state index contributed by atoms with van der Waals surface area (Å²) in [6.45, 7) is 2.92. The topological polar surface area (TPSA) is 82.2 Å². The number of nitrogens with one attached hydrogen (secondary N) is 1. The van der Waals surface area contributed by atoms with E-state index in [2.05, 4.69) is 10.3 Å². The first-order valence-electron chi connectivity index (χ1n) is 11.7. The van der Waals surface area contributed by atoms with Crippen LogP contribution in [0.4, 0.5) is 5.69 Å². The maximum Gasteiger partial charge on any atom is 0.241 e. The number of carbonyl (C=O) groups is 1. The minimum absolute atomic E-state index is 0.00624. The molecule has 0 unspecified atom stereocenters. The van der Waals surface area contributed by atoms with Crippen molar-refractivity contribution in [2.24, 2.45) is 0 Å². The minimum Gasteiger partial charge on any atom is -0.496 e. The number of rotatable bonds is 12. The molecular weight excluding hydrogens is 446 g/mol. The molecule has 4 rings (SSSR count). The molecule has 1 saturated heterocycles. The van der Waals surface area contributed by atoms with Crippen LogP contribution >= 0.6 is 0 Å². The average Bonchev–Trinajstić information content (AvgIpc) is 2.91. The Kier molecular flexibility index (Phi) is 8.91. The van der Waals surface area contributed by atoms with E-state index in [1.54, 1.807) is 24.3 Å². The van der Waals surface area contributed by atoms with Gasteiger partial charge in [-0.2, -0.15) is 0 Å². The van der Waals surface area contributed by atoms with E-state index < -0.39 is 0 Å². The molecular formula is C27H31N3O5. The summed E-state index contributed by atoms with van der Waals surface area (Å²) in [5.74, 6) is 2.13. The van der Waals surface area contributed by atoms with Gasteiger partial charge in [0.2, 0.25) is 11.8 Å². The molecule has 1 atom stereocenters. The highest BCUT2D eigenvalue weighted by Crippen LogP contribution is 2.23. The predicted octanol–water partition coefficient (Wildman–Crippen LogP) is 3.46. The molecule has 184 valence electrons. The van der Waals surface area contributed by atoms with Crippen molar-refractivity contribution in [3.05, 3.63) is 78.5 Å².